The van der Waals surface area contributed by atoms with Gasteiger partial charge in [-0.2, -0.15) is 5.10 Å². The van der Waals surface area contributed by atoms with Gasteiger partial charge < -0.3 is 5.11 Å². The van der Waals surface area contributed by atoms with Crippen molar-refractivity contribution in [2.24, 2.45) is 0 Å². The van der Waals surface area contributed by atoms with E-state index in [0.29, 0.717) is 11.3 Å². The van der Waals surface area contributed by atoms with Gasteiger partial charge in [0.05, 0.1) is 0 Å². The van der Waals surface area contributed by atoms with E-state index in [1.165, 1.54) is 0 Å². The van der Waals surface area contributed by atoms with Crippen LogP contribution in [0.15, 0.2) is 23.1 Å². The molecule has 15 heavy (non-hydrogen) atoms. The number of aromatic nitrogens is 3. The van der Waals surface area contributed by atoms with Crippen LogP contribution in [0.4, 0.5) is 0 Å². The van der Waals surface area contributed by atoms with Crippen LogP contribution in [0.25, 0.3) is 5.52 Å². The van der Waals surface area contributed by atoms with E-state index in [1.807, 2.05) is 0 Å². The number of aryl methyl sites for hydroxylation is 1. The maximum absolute atomic E-state index is 11.7. The van der Waals surface area contributed by atoms with Crippen molar-refractivity contribution in [3.8, 4) is 0 Å². The van der Waals surface area contributed by atoms with Crippen LogP contribution < -0.4 is 5.56 Å². The third-order valence-corrected chi connectivity index (χ3v) is 2.10. The van der Waals surface area contributed by atoms with E-state index < -0.39 is 18.1 Å². The molecule has 0 spiro atoms. The van der Waals surface area contributed by atoms with Gasteiger partial charge >= 0.3 is 5.97 Å². The molecule has 0 aliphatic carbocycles. The third-order valence-electron chi connectivity index (χ3n) is 2.10. The van der Waals surface area contributed by atoms with Crippen LogP contribution in [-0.2, 0) is 11.3 Å². The first kappa shape index (κ1) is 9.45. The molecule has 0 atom stereocenters. The Hall–Kier alpha value is -2.11. The molecule has 0 bridgehead atoms. The second-order valence-corrected chi connectivity index (χ2v) is 3.17. The molecule has 0 aliphatic heterocycles. The Labute approximate surface area is 84.4 Å². The summed E-state index contributed by atoms with van der Waals surface area (Å²) in [6, 6.07) is 3.35. The lowest BCUT2D eigenvalue weighted by Gasteiger charge is -2.04. The quantitative estimate of drug-likeness (QED) is 0.745. The van der Waals surface area contributed by atoms with Crippen molar-refractivity contribution in [2.75, 3.05) is 0 Å². The minimum absolute atomic E-state index is 0.395. The lowest BCUT2D eigenvalue weighted by atomic mass is 10.5. The molecule has 78 valence electrons. The Morgan fingerprint density at radius 1 is 1.60 bits per heavy atom. The smallest absolute Gasteiger partial charge is 0.325 e. The highest BCUT2D eigenvalue weighted by Gasteiger charge is 2.09. The number of carboxylic acids is 1. The summed E-state index contributed by atoms with van der Waals surface area (Å²) in [5.74, 6) is -0.504. The molecule has 0 saturated carbocycles. The topological polar surface area (TPSA) is 76.6 Å². The number of nitrogens with zero attached hydrogens (tertiary/aromatic N) is 3. The number of carboxylic acid groups (broad SMARTS) is 1. The van der Waals surface area contributed by atoms with Crippen LogP contribution in [0.5, 0.6) is 0 Å². The summed E-state index contributed by atoms with van der Waals surface area (Å²) in [6.45, 7) is 1.30. The minimum atomic E-state index is -1.08. The van der Waals surface area contributed by atoms with Crippen molar-refractivity contribution >= 4 is 11.5 Å². The maximum atomic E-state index is 11.7. The van der Waals surface area contributed by atoms with Gasteiger partial charge in [0, 0.05) is 6.20 Å². The monoisotopic (exact) mass is 207 g/mol. The van der Waals surface area contributed by atoms with Gasteiger partial charge in [-0.1, -0.05) is 0 Å². The summed E-state index contributed by atoms with van der Waals surface area (Å²) in [5.41, 5.74) is 0.0387. The summed E-state index contributed by atoms with van der Waals surface area (Å²) in [7, 11) is 0. The van der Waals surface area contributed by atoms with Crippen molar-refractivity contribution in [1.29, 1.82) is 0 Å². The van der Waals surface area contributed by atoms with Crippen LogP contribution in [0.2, 0.25) is 0 Å². The van der Waals surface area contributed by atoms with Gasteiger partial charge in [-0.05, 0) is 19.1 Å². The predicted molar refractivity (Wildman–Crippen MR) is 51.8 cm³/mol. The molecular formula is C9H9N3O3. The summed E-state index contributed by atoms with van der Waals surface area (Å²) in [5, 5.41) is 12.5. The summed E-state index contributed by atoms with van der Waals surface area (Å²) < 4.78 is 2.58. The van der Waals surface area contributed by atoms with E-state index in [4.69, 9.17) is 5.11 Å². The molecule has 6 heteroatoms. The van der Waals surface area contributed by atoms with E-state index >= 15 is 0 Å². The normalized spacial score (nSPS) is 10.7. The van der Waals surface area contributed by atoms with Gasteiger partial charge in [0.25, 0.3) is 5.56 Å². The number of hydrogen-bond donors (Lipinski definition) is 1. The molecule has 2 heterocycles. The van der Waals surface area contributed by atoms with E-state index in [2.05, 4.69) is 5.10 Å². The Morgan fingerprint density at radius 3 is 3.00 bits per heavy atom. The van der Waals surface area contributed by atoms with Crippen LogP contribution >= 0.6 is 0 Å². The average Bonchev–Trinajstić information content (AvgIpc) is 2.61. The van der Waals surface area contributed by atoms with Crippen molar-refractivity contribution in [1.82, 2.24) is 14.2 Å². The first-order valence-corrected chi connectivity index (χ1v) is 4.36. The molecular weight excluding hydrogens is 198 g/mol. The molecule has 0 aliphatic rings. The van der Waals surface area contributed by atoms with Crippen molar-refractivity contribution in [2.45, 2.75) is 13.5 Å². The van der Waals surface area contributed by atoms with Crippen molar-refractivity contribution in [3.05, 3.63) is 34.5 Å². The molecule has 2 aromatic rings. The Bertz CT molecular complexity index is 582. The van der Waals surface area contributed by atoms with Gasteiger partial charge in [0.15, 0.2) is 0 Å². The van der Waals surface area contributed by atoms with Gasteiger partial charge in [-0.25, -0.2) is 4.68 Å². The van der Waals surface area contributed by atoms with Crippen molar-refractivity contribution < 1.29 is 9.90 Å². The molecule has 6 nitrogen and oxygen atoms in total. The van der Waals surface area contributed by atoms with Gasteiger partial charge in [0.1, 0.15) is 17.9 Å². The fraction of sp³-hybridized carbons (Fsp3) is 0.222. The molecule has 0 aromatic carbocycles. The third kappa shape index (κ3) is 1.50. The fourth-order valence-corrected chi connectivity index (χ4v) is 1.47. The van der Waals surface area contributed by atoms with E-state index in [9.17, 15) is 9.59 Å². The number of carbonyl (C=O) groups is 1. The minimum Gasteiger partial charge on any atom is -0.480 e. The number of hydrogen-bond acceptors (Lipinski definition) is 3. The van der Waals surface area contributed by atoms with Gasteiger partial charge in [-0.3, -0.25) is 14.0 Å². The first-order chi connectivity index (χ1) is 7.09. The SMILES string of the molecule is Cc1nn(CC(=O)O)c(=O)c2cccn12. The molecule has 0 unspecified atom stereocenters. The van der Waals surface area contributed by atoms with E-state index in [-0.39, 0.29) is 0 Å². The summed E-state index contributed by atoms with van der Waals surface area (Å²) in [6.07, 6.45) is 1.71. The molecule has 2 aromatic heterocycles. The van der Waals surface area contributed by atoms with Crippen LogP contribution in [0, 0.1) is 6.92 Å². The molecule has 2 rings (SSSR count). The second-order valence-electron chi connectivity index (χ2n) is 3.17. The lowest BCUT2D eigenvalue weighted by molar-refractivity contribution is -0.138. The zero-order valence-electron chi connectivity index (χ0n) is 8.04. The number of aliphatic carboxylic acids is 1. The Morgan fingerprint density at radius 2 is 2.33 bits per heavy atom. The van der Waals surface area contributed by atoms with Crippen LogP contribution in [-0.4, -0.2) is 25.3 Å². The highest BCUT2D eigenvalue weighted by Crippen LogP contribution is 2.00. The van der Waals surface area contributed by atoms with Gasteiger partial charge in [-0.15, -0.1) is 0 Å². The predicted octanol–water partition coefficient (Wildman–Crippen LogP) is -0.111. The zero-order valence-corrected chi connectivity index (χ0v) is 8.04. The molecule has 0 fully saturated rings. The Kier molecular flexibility index (Phi) is 2.03. The Balaban J connectivity index is 2.71. The molecule has 1 N–H and O–H groups in total. The maximum Gasteiger partial charge on any atom is 0.325 e. The van der Waals surface area contributed by atoms with Crippen molar-refractivity contribution in [3.63, 3.8) is 0 Å². The lowest BCUT2D eigenvalue weighted by Crippen LogP contribution is -2.29. The number of fused-ring (bicyclic) bond motifs is 1. The first-order valence-electron chi connectivity index (χ1n) is 4.36. The van der Waals surface area contributed by atoms with Crippen LogP contribution in [0.1, 0.15) is 5.82 Å². The second kappa shape index (κ2) is 3.23. The van der Waals surface area contributed by atoms with Crippen LogP contribution in [0.3, 0.4) is 0 Å². The van der Waals surface area contributed by atoms with Gasteiger partial charge in [0.2, 0.25) is 0 Å². The molecule has 0 amide bonds. The zero-order chi connectivity index (χ0) is 11.0. The highest BCUT2D eigenvalue weighted by molar-refractivity contribution is 5.66. The summed E-state index contributed by atoms with van der Waals surface area (Å²) >= 11 is 0. The molecule has 0 radical (unpaired) electrons. The standard InChI is InChI=1S/C9H9N3O3/c1-6-10-12(5-8(13)14)9(15)7-3-2-4-11(6)7/h2-4H,5H2,1H3,(H,13,14). The average molecular weight is 207 g/mol. The summed E-state index contributed by atoms with van der Waals surface area (Å²) in [4.78, 5) is 22.2. The van der Waals surface area contributed by atoms with E-state index in [0.717, 1.165) is 4.68 Å². The largest absolute Gasteiger partial charge is 0.480 e. The van der Waals surface area contributed by atoms with E-state index in [1.54, 1.807) is 29.7 Å². The fourth-order valence-electron chi connectivity index (χ4n) is 1.47. The molecule has 0 saturated heterocycles. The highest BCUT2D eigenvalue weighted by atomic mass is 16.4. The number of rotatable bonds is 2.